The molecule has 1 rings (SSSR count). The fourth-order valence-electron chi connectivity index (χ4n) is 2.51. The van der Waals surface area contributed by atoms with Crippen LogP contribution in [0.15, 0.2) is 0 Å². The van der Waals surface area contributed by atoms with Gasteiger partial charge in [-0.2, -0.15) is 13.2 Å². The number of nitrogens with two attached hydrogens (primary N) is 1. The van der Waals surface area contributed by atoms with E-state index in [0.29, 0.717) is 17.7 Å². The number of carbonyl (C=O) groups is 1. The summed E-state index contributed by atoms with van der Waals surface area (Å²) >= 11 is 0. The number of hydrogen-bond acceptors (Lipinski definition) is 2. The molecule has 3 nitrogen and oxygen atoms in total. The molecular weight excluding hydrogens is 233 g/mol. The van der Waals surface area contributed by atoms with Crippen LogP contribution in [0.5, 0.6) is 0 Å². The van der Waals surface area contributed by atoms with Gasteiger partial charge in [0.15, 0.2) is 0 Å². The first-order valence-corrected chi connectivity index (χ1v) is 5.75. The van der Waals surface area contributed by atoms with E-state index in [9.17, 15) is 18.0 Å². The summed E-state index contributed by atoms with van der Waals surface area (Å²) in [4.78, 5) is 12.6. The van der Waals surface area contributed by atoms with Crippen molar-refractivity contribution in [3.8, 4) is 0 Å². The normalized spacial score (nSPS) is 30.1. The van der Waals surface area contributed by atoms with E-state index >= 15 is 0 Å². The third-order valence-electron chi connectivity index (χ3n) is 3.22. The molecule has 2 unspecified atom stereocenters. The molecule has 1 aliphatic carbocycles. The zero-order chi connectivity index (χ0) is 13.3. The molecule has 0 spiro atoms. The lowest BCUT2D eigenvalue weighted by molar-refractivity contribution is -0.162. The molecule has 0 radical (unpaired) electrons. The number of carbonyl (C=O) groups excluding carboxylic acids is 1. The summed E-state index contributed by atoms with van der Waals surface area (Å²) in [5.41, 5.74) is 4.84. The zero-order valence-corrected chi connectivity index (χ0v) is 10.2. The minimum Gasteiger partial charge on any atom is -0.335 e. The molecule has 1 fully saturated rings. The molecule has 6 heteroatoms. The van der Waals surface area contributed by atoms with Crippen LogP contribution >= 0.6 is 0 Å². The van der Waals surface area contributed by atoms with Gasteiger partial charge >= 0.3 is 6.18 Å². The van der Waals surface area contributed by atoms with Gasteiger partial charge in [0.05, 0.1) is 5.54 Å². The van der Waals surface area contributed by atoms with Crippen molar-refractivity contribution in [2.24, 2.45) is 11.7 Å². The monoisotopic (exact) mass is 252 g/mol. The predicted octanol–water partition coefficient (Wildman–Crippen LogP) is 1.91. The van der Waals surface area contributed by atoms with Gasteiger partial charge in [0, 0.05) is 7.05 Å². The van der Waals surface area contributed by atoms with Crippen molar-refractivity contribution in [2.45, 2.75) is 44.3 Å². The Labute approximate surface area is 99.1 Å². The van der Waals surface area contributed by atoms with E-state index in [1.54, 1.807) is 0 Å². The number of alkyl halides is 3. The Kier molecular flexibility index (Phi) is 4.06. The molecule has 2 N–H and O–H groups in total. The van der Waals surface area contributed by atoms with E-state index < -0.39 is 24.2 Å². The van der Waals surface area contributed by atoms with Crippen LogP contribution in [0, 0.1) is 5.92 Å². The molecule has 0 saturated heterocycles. The van der Waals surface area contributed by atoms with E-state index in [2.05, 4.69) is 0 Å². The van der Waals surface area contributed by atoms with Crippen molar-refractivity contribution in [1.29, 1.82) is 0 Å². The summed E-state index contributed by atoms with van der Waals surface area (Å²) in [7, 11) is 1.16. The Hall–Kier alpha value is -0.780. The first-order chi connectivity index (χ1) is 7.64. The van der Waals surface area contributed by atoms with Crippen LogP contribution in [0.1, 0.15) is 32.6 Å². The minimum absolute atomic E-state index is 0.289. The summed E-state index contributed by atoms with van der Waals surface area (Å²) in [6.07, 6.45) is -1.66. The fourth-order valence-corrected chi connectivity index (χ4v) is 2.51. The number of nitrogens with zero attached hydrogens (tertiary/aromatic N) is 1. The SMILES string of the molecule is CC1CCCC(N)(C(=O)N(C)CC(F)(F)F)C1. The molecule has 100 valence electrons. The van der Waals surface area contributed by atoms with E-state index in [4.69, 9.17) is 5.73 Å². The van der Waals surface area contributed by atoms with E-state index in [-0.39, 0.29) is 5.92 Å². The first kappa shape index (κ1) is 14.3. The second kappa shape index (κ2) is 4.84. The summed E-state index contributed by atoms with van der Waals surface area (Å²) < 4.78 is 36.6. The smallest absolute Gasteiger partial charge is 0.335 e. The highest BCUT2D eigenvalue weighted by Gasteiger charge is 2.42. The number of halogens is 3. The zero-order valence-electron chi connectivity index (χ0n) is 10.2. The Morgan fingerprint density at radius 3 is 2.59 bits per heavy atom. The molecule has 0 aromatic rings. The Bertz CT molecular complexity index is 293. The lowest BCUT2D eigenvalue weighted by atomic mass is 9.76. The second-order valence-electron chi connectivity index (χ2n) is 5.13. The van der Waals surface area contributed by atoms with E-state index in [0.717, 1.165) is 19.9 Å². The molecule has 1 aliphatic rings. The van der Waals surface area contributed by atoms with Gasteiger partial charge in [0.25, 0.3) is 0 Å². The van der Waals surface area contributed by atoms with Crippen molar-refractivity contribution < 1.29 is 18.0 Å². The van der Waals surface area contributed by atoms with Crippen LogP contribution in [0.4, 0.5) is 13.2 Å². The van der Waals surface area contributed by atoms with Crippen LogP contribution in [-0.4, -0.2) is 36.1 Å². The van der Waals surface area contributed by atoms with Gasteiger partial charge in [0.1, 0.15) is 6.54 Å². The molecule has 0 bridgehead atoms. The Morgan fingerprint density at radius 1 is 1.53 bits per heavy atom. The average molecular weight is 252 g/mol. The number of hydrogen-bond donors (Lipinski definition) is 1. The molecule has 1 saturated carbocycles. The summed E-state index contributed by atoms with van der Waals surface area (Å²) in [6, 6.07) is 0. The molecule has 0 aromatic heterocycles. The first-order valence-electron chi connectivity index (χ1n) is 5.75. The predicted molar refractivity (Wildman–Crippen MR) is 58.2 cm³/mol. The highest BCUT2D eigenvalue weighted by molar-refractivity contribution is 5.86. The maximum absolute atomic E-state index is 12.2. The summed E-state index contributed by atoms with van der Waals surface area (Å²) in [5, 5.41) is 0. The van der Waals surface area contributed by atoms with Crippen molar-refractivity contribution in [1.82, 2.24) is 4.90 Å². The Balaban J connectivity index is 2.67. The number of amides is 1. The maximum Gasteiger partial charge on any atom is 0.406 e. The van der Waals surface area contributed by atoms with Gasteiger partial charge in [0.2, 0.25) is 5.91 Å². The largest absolute Gasteiger partial charge is 0.406 e. The molecule has 2 atom stereocenters. The third kappa shape index (κ3) is 3.87. The molecule has 1 amide bonds. The van der Waals surface area contributed by atoms with Gasteiger partial charge < -0.3 is 10.6 Å². The third-order valence-corrected chi connectivity index (χ3v) is 3.22. The van der Waals surface area contributed by atoms with Crippen molar-refractivity contribution >= 4 is 5.91 Å². The minimum atomic E-state index is -4.37. The standard InChI is InChI=1S/C11H19F3N2O/c1-8-4-3-5-10(15,6-8)9(17)16(2)7-11(12,13)14/h8H,3-7,15H2,1-2H3. The van der Waals surface area contributed by atoms with Crippen LogP contribution in [-0.2, 0) is 4.79 Å². The molecule has 17 heavy (non-hydrogen) atoms. The van der Waals surface area contributed by atoms with Gasteiger partial charge in [-0.3, -0.25) is 4.79 Å². The van der Waals surface area contributed by atoms with E-state index in [1.165, 1.54) is 0 Å². The van der Waals surface area contributed by atoms with Crippen molar-refractivity contribution in [3.63, 3.8) is 0 Å². The second-order valence-corrected chi connectivity index (χ2v) is 5.13. The lowest BCUT2D eigenvalue weighted by Crippen LogP contribution is -2.57. The average Bonchev–Trinajstić information content (AvgIpc) is 2.13. The highest BCUT2D eigenvalue weighted by Crippen LogP contribution is 2.32. The Morgan fingerprint density at radius 2 is 2.12 bits per heavy atom. The van der Waals surface area contributed by atoms with Crippen LogP contribution in [0.3, 0.4) is 0 Å². The lowest BCUT2D eigenvalue weighted by Gasteiger charge is -2.38. The van der Waals surface area contributed by atoms with Crippen LogP contribution in [0.2, 0.25) is 0 Å². The summed E-state index contributed by atoms with van der Waals surface area (Å²) in [5.74, 6) is -0.307. The fraction of sp³-hybridized carbons (Fsp3) is 0.909. The van der Waals surface area contributed by atoms with E-state index in [1.807, 2.05) is 6.92 Å². The summed E-state index contributed by atoms with van der Waals surface area (Å²) in [6.45, 7) is 0.733. The highest BCUT2D eigenvalue weighted by atomic mass is 19.4. The van der Waals surface area contributed by atoms with Crippen LogP contribution in [0.25, 0.3) is 0 Å². The molecular formula is C11H19F3N2O. The van der Waals surface area contributed by atoms with Crippen molar-refractivity contribution in [2.75, 3.05) is 13.6 Å². The van der Waals surface area contributed by atoms with Gasteiger partial charge in [-0.05, 0) is 18.8 Å². The van der Waals surface area contributed by atoms with Crippen molar-refractivity contribution in [3.05, 3.63) is 0 Å². The number of likely N-dealkylation sites (N-methyl/N-ethyl adjacent to an activating group) is 1. The van der Waals surface area contributed by atoms with Gasteiger partial charge in [-0.25, -0.2) is 0 Å². The molecule has 0 heterocycles. The number of rotatable bonds is 2. The van der Waals surface area contributed by atoms with Gasteiger partial charge in [-0.1, -0.05) is 19.8 Å². The van der Waals surface area contributed by atoms with Gasteiger partial charge in [-0.15, -0.1) is 0 Å². The van der Waals surface area contributed by atoms with Crippen LogP contribution < -0.4 is 5.73 Å². The quantitative estimate of drug-likeness (QED) is 0.816. The molecule has 0 aliphatic heterocycles. The maximum atomic E-state index is 12.2. The topological polar surface area (TPSA) is 46.3 Å². The molecule has 0 aromatic carbocycles.